The SMILES string of the molecule is O=C(O)Cc1cc2c(Cl)cccc2n(Cc2nc3c(F)c(F)ccc3s2)c1=O. The lowest BCUT2D eigenvalue weighted by Gasteiger charge is -2.12. The van der Waals surface area contributed by atoms with Gasteiger partial charge in [-0.15, -0.1) is 11.3 Å². The van der Waals surface area contributed by atoms with Crippen molar-refractivity contribution < 1.29 is 18.7 Å². The highest BCUT2D eigenvalue weighted by molar-refractivity contribution is 7.18. The van der Waals surface area contributed by atoms with Crippen LogP contribution in [0.1, 0.15) is 10.6 Å². The van der Waals surface area contributed by atoms with E-state index < -0.39 is 29.6 Å². The van der Waals surface area contributed by atoms with Crippen molar-refractivity contribution in [3.8, 4) is 0 Å². The van der Waals surface area contributed by atoms with Crippen molar-refractivity contribution in [3.63, 3.8) is 0 Å². The monoisotopic (exact) mass is 420 g/mol. The summed E-state index contributed by atoms with van der Waals surface area (Å²) in [5.74, 6) is -3.19. The van der Waals surface area contributed by atoms with Crippen LogP contribution in [0.25, 0.3) is 21.1 Å². The number of nitrogens with zero attached hydrogens (tertiary/aromatic N) is 2. The lowest BCUT2D eigenvalue weighted by molar-refractivity contribution is -0.136. The van der Waals surface area contributed by atoms with Gasteiger partial charge in [-0.25, -0.2) is 13.8 Å². The number of halogens is 3. The zero-order valence-corrected chi connectivity index (χ0v) is 15.7. The highest BCUT2D eigenvalue weighted by Gasteiger charge is 2.17. The Morgan fingerprint density at radius 1 is 1.25 bits per heavy atom. The van der Waals surface area contributed by atoms with Crippen molar-refractivity contribution in [2.75, 3.05) is 0 Å². The molecule has 4 aromatic rings. The molecule has 2 aromatic carbocycles. The Balaban J connectivity index is 1.91. The molecule has 5 nitrogen and oxygen atoms in total. The third-order valence-electron chi connectivity index (χ3n) is 4.29. The van der Waals surface area contributed by atoms with Crippen molar-refractivity contribution in [1.82, 2.24) is 9.55 Å². The average molecular weight is 421 g/mol. The third kappa shape index (κ3) is 3.14. The van der Waals surface area contributed by atoms with Crippen molar-refractivity contribution in [1.29, 1.82) is 0 Å². The number of hydrogen-bond donors (Lipinski definition) is 1. The molecule has 142 valence electrons. The van der Waals surface area contributed by atoms with E-state index in [9.17, 15) is 18.4 Å². The fourth-order valence-corrected chi connectivity index (χ4v) is 4.23. The van der Waals surface area contributed by atoms with Crippen molar-refractivity contribution >= 4 is 50.0 Å². The van der Waals surface area contributed by atoms with Crippen LogP contribution in [0, 0.1) is 11.6 Å². The van der Waals surface area contributed by atoms with Gasteiger partial charge < -0.3 is 9.67 Å². The van der Waals surface area contributed by atoms with Gasteiger partial charge in [0.15, 0.2) is 11.6 Å². The van der Waals surface area contributed by atoms with Gasteiger partial charge in [0.1, 0.15) is 10.5 Å². The van der Waals surface area contributed by atoms with Crippen LogP contribution in [0.15, 0.2) is 41.2 Å². The van der Waals surface area contributed by atoms with Gasteiger partial charge in [-0.2, -0.15) is 0 Å². The first-order valence-corrected chi connectivity index (χ1v) is 9.30. The molecule has 0 saturated heterocycles. The smallest absolute Gasteiger partial charge is 0.308 e. The number of pyridine rings is 1. The van der Waals surface area contributed by atoms with E-state index in [1.165, 1.54) is 16.7 Å². The number of carboxylic acids is 1. The van der Waals surface area contributed by atoms with Gasteiger partial charge in [0.25, 0.3) is 5.56 Å². The molecule has 28 heavy (non-hydrogen) atoms. The standard InChI is InChI=1S/C19H11ClF2N2O3S/c20-11-2-1-3-13-10(11)6-9(7-16(25)26)19(27)24(13)8-15-23-18-14(28-15)5-4-12(21)17(18)22/h1-6H,7-8H2,(H,25,26). The minimum Gasteiger partial charge on any atom is -0.481 e. The minimum absolute atomic E-state index is 0.0243. The highest BCUT2D eigenvalue weighted by atomic mass is 35.5. The van der Waals surface area contributed by atoms with E-state index in [0.29, 0.717) is 25.6 Å². The summed E-state index contributed by atoms with van der Waals surface area (Å²) in [5.41, 5.74) is -0.0239. The summed E-state index contributed by atoms with van der Waals surface area (Å²) in [5, 5.41) is 10.4. The molecule has 0 unspecified atom stereocenters. The second kappa shape index (κ2) is 6.96. The van der Waals surface area contributed by atoms with Crippen LogP contribution in [0.5, 0.6) is 0 Å². The number of carbonyl (C=O) groups is 1. The molecule has 0 bridgehead atoms. The molecule has 0 aliphatic carbocycles. The van der Waals surface area contributed by atoms with Crippen molar-refractivity contribution in [2.45, 2.75) is 13.0 Å². The van der Waals surface area contributed by atoms with E-state index in [1.54, 1.807) is 18.2 Å². The molecule has 0 atom stereocenters. The Morgan fingerprint density at radius 2 is 2.04 bits per heavy atom. The lowest BCUT2D eigenvalue weighted by atomic mass is 10.1. The largest absolute Gasteiger partial charge is 0.481 e. The lowest BCUT2D eigenvalue weighted by Crippen LogP contribution is -2.26. The van der Waals surface area contributed by atoms with Gasteiger partial charge in [-0.05, 0) is 30.3 Å². The van der Waals surface area contributed by atoms with E-state index in [1.807, 2.05) is 0 Å². The molecule has 0 spiro atoms. The first-order valence-electron chi connectivity index (χ1n) is 8.11. The summed E-state index contributed by atoms with van der Waals surface area (Å²) in [6.07, 6.45) is -0.459. The van der Waals surface area contributed by atoms with E-state index in [-0.39, 0.29) is 17.6 Å². The van der Waals surface area contributed by atoms with Gasteiger partial charge >= 0.3 is 5.97 Å². The molecular weight excluding hydrogens is 410 g/mol. The summed E-state index contributed by atoms with van der Waals surface area (Å²) in [4.78, 5) is 28.1. The Labute approximate surface area is 165 Å². The normalized spacial score (nSPS) is 11.4. The van der Waals surface area contributed by atoms with E-state index in [0.717, 1.165) is 17.4 Å². The summed E-state index contributed by atoms with van der Waals surface area (Å²) in [6, 6.07) is 8.91. The van der Waals surface area contributed by atoms with Gasteiger partial charge in [-0.1, -0.05) is 17.7 Å². The molecule has 0 fully saturated rings. The van der Waals surface area contributed by atoms with Gasteiger partial charge in [0, 0.05) is 16.0 Å². The molecule has 1 N–H and O–H groups in total. The van der Waals surface area contributed by atoms with Crippen molar-refractivity contribution in [3.05, 3.63) is 74.0 Å². The molecule has 0 radical (unpaired) electrons. The predicted molar refractivity (Wildman–Crippen MR) is 103 cm³/mol. The maximum Gasteiger partial charge on any atom is 0.308 e. The topological polar surface area (TPSA) is 72.2 Å². The molecule has 4 rings (SSSR count). The number of fused-ring (bicyclic) bond motifs is 2. The Morgan fingerprint density at radius 3 is 2.79 bits per heavy atom. The van der Waals surface area contributed by atoms with Crippen LogP contribution in [-0.2, 0) is 17.8 Å². The number of thiazole rings is 1. The molecule has 0 amide bonds. The van der Waals surface area contributed by atoms with Gasteiger partial charge in [0.05, 0.1) is 23.2 Å². The number of hydrogen-bond acceptors (Lipinski definition) is 4. The zero-order chi connectivity index (χ0) is 20.0. The average Bonchev–Trinajstić information content (AvgIpc) is 3.06. The maximum absolute atomic E-state index is 14.0. The predicted octanol–water partition coefficient (Wildman–Crippen LogP) is 4.22. The molecule has 9 heteroatoms. The van der Waals surface area contributed by atoms with Crippen LogP contribution in [0.3, 0.4) is 0 Å². The number of aromatic nitrogens is 2. The second-order valence-electron chi connectivity index (χ2n) is 6.12. The molecule has 0 aliphatic rings. The highest BCUT2D eigenvalue weighted by Crippen LogP contribution is 2.28. The fourth-order valence-electron chi connectivity index (χ4n) is 3.06. The summed E-state index contributed by atoms with van der Waals surface area (Å²) < 4.78 is 29.2. The van der Waals surface area contributed by atoms with Gasteiger partial charge in [-0.3, -0.25) is 9.59 Å². The van der Waals surface area contributed by atoms with Crippen LogP contribution in [0.4, 0.5) is 8.78 Å². The molecule has 2 heterocycles. The van der Waals surface area contributed by atoms with Crippen LogP contribution < -0.4 is 5.56 Å². The van der Waals surface area contributed by atoms with Gasteiger partial charge in [0.2, 0.25) is 0 Å². The Kier molecular flexibility index (Phi) is 4.60. The summed E-state index contributed by atoms with van der Waals surface area (Å²) in [6.45, 7) is -0.0243. The quantitative estimate of drug-likeness (QED) is 0.536. The Hall–Kier alpha value is -2.84. The second-order valence-corrected chi connectivity index (χ2v) is 7.64. The Bertz CT molecular complexity index is 1320. The first-order chi connectivity index (χ1) is 13.3. The summed E-state index contributed by atoms with van der Waals surface area (Å²) >= 11 is 7.36. The molecule has 0 saturated carbocycles. The third-order valence-corrected chi connectivity index (χ3v) is 5.63. The van der Waals surface area contributed by atoms with Crippen molar-refractivity contribution in [2.24, 2.45) is 0 Å². The number of benzene rings is 2. The van der Waals surface area contributed by atoms with E-state index in [2.05, 4.69) is 4.98 Å². The van der Waals surface area contributed by atoms with Crippen LogP contribution in [-0.4, -0.2) is 20.6 Å². The minimum atomic E-state index is -1.15. The molecular formula is C19H11ClF2N2O3S. The molecule has 0 aliphatic heterocycles. The number of aliphatic carboxylic acids is 1. The van der Waals surface area contributed by atoms with Crippen LogP contribution in [0.2, 0.25) is 5.02 Å². The van der Waals surface area contributed by atoms with E-state index in [4.69, 9.17) is 16.7 Å². The zero-order valence-electron chi connectivity index (χ0n) is 14.1. The van der Waals surface area contributed by atoms with Crippen LogP contribution >= 0.6 is 22.9 Å². The maximum atomic E-state index is 14.0. The molecule has 2 aromatic heterocycles. The van der Waals surface area contributed by atoms with E-state index >= 15 is 0 Å². The number of carboxylic acid groups (broad SMARTS) is 1. The number of rotatable bonds is 4. The summed E-state index contributed by atoms with van der Waals surface area (Å²) in [7, 11) is 0. The fraction of sp³-hybridized carbons (Fsp3) is 0.105. The first kappa shape index (κ1) is 18.5.